The van der Waals surface area contributed by atoms with Crippen molar-refractivity contribution in [3.8, 4) is 0 Å². The van der Waals surface area contributed by atoms with Crippen LogP contribution in [-0.4, -0.2) is 16.1 Å². The number of carbonyl (C=O) groups is 1. The molecular weight excluding hydrogens is 288 g/mol. The molecule has 1 aromatic heterocycles. The Hall–Kier alpha value is -2.61. The molecule has 0 saturated carbocycles. The van der Waals surface area contributed by atoms with E-state index in [9.17, 15) is 14.9 Å². The number of urea groups is 1. The molecule has 0 aliphatic heterocycles. The van der Waals surface area contributed by atoms with E-state index in [1.165, 1.54) is 18.2 Å². The van der Waals surface area contributed by atoms with Gasteiger partial charge in [-0.1, -0.05) is 16.8 Å². The lowest BCUT2D eigenvalue weighted by Gasteiger charge is -2.06. The van der Waals surface area contributed by atoms with Gasteiger partial charge < -0.3 is 9.84 Å². The Labute approximate surface area is 117 Å². The largest absolute Gasteiger partial charge is 0.360 e. The molecule has 104 valence electrons. The average Bonchev–Trinajstić information content (AvgIpc) is 2.77. The molecule has 0 saturated heterocycles. The molecule has 2 N–H and O–H groups in total. The zero-order chi connectivity index (χ0) is 14.7. The van der Waals surface area contributed by atoms with Gasteiger partial charge in [-0.25, -0.2) is 4.79 Å². The number of nitrogens with zero attached hydrogens (tertiary/aromatic N) is 2. The lowest BCUT2D eigenvalue weighted by Crippen LogP contribution is -2.19. The van der Waals surface area contributed by atoms with Crippen LogP contribution in [-0.2, 0) is 0 Å². The van der Waals surface area contributed by atoms with E-state index in [2.05, 4.69) is 15.8 Å². The standard InChI is InChI=1S/C11H9ClN4O4/c1-6-4-10(15-20-6)14-11(17)13-9-3-2-7(16(18)19)5-8(9)12/h2-5H,1H3,(H2,13,14,15,17). The van der Waals surface area contributed by atoms with Crippen molar-refractivity contribution in [2.45, 2.75) is 6.92 Å². The highest BCUT2D eigenvalue weighted by Gasteiger charge is 2.12. The zero-order valence-corrected chi connectivity index (χ0v) is 11.0. The molecule has 0 aliphatic rings. The van der Waals surface area contributed by atoms with Crippen LogP contribution in [0.15, 0.2) is 28.8 Å². The molecule has 0 atom stereocenters. The first-order chi connectivity index (χ1) is 9.45. The monoisotopic (exact) mass is 296 g/mol. The number of non-ortho nitro benzene ring substituents is 1. The molecule has 0 unspecified atom stereocenters. The minimum Gasteiger partial charge on any atom is -0.360 e. The molecule has 0 aliphatic carbocycles. The topological polar surface area (TPSA) is 110 Å². The van der Waals surface area contributed by atoms with Crippen molar-refractivity contribution in [3.05, 3.63) is 45.2 Å². The highest BCUT2D eigenvalue weighted by atomic mass is 35.5. The summed E-state index contributed by atoms with van der Waals surface area (Å²) in [4.78, 5) is 21.6. The predicted octanol–water partition coefficient (Wildman–Crippen LogP) is 3.19. The van der Waals surface area contributed by atoms with Crippen LogP contribution in [0.2, 0.25) is 5.02 Å². The van der Waals surface area contributed by atoms with Crippen molar-refractivity contribution < 1.29 is 14.2 Å². The zero-order valence-electron chi connectivity index (χ0n) is 10.2. The van der Waals surface area contributed by atoms with Crippen LogP contribution in [0.3, 0.4) is 0 Å². The Bertz CT molecular complexity index is 670. The second-order valence-corrected chi connectivity index (χ2v) is 4.23. The van der Waals surface area contributed by atoms with Crippen LogP contribution in [0.5, 0.6) is 0 Å². The Kier molecular flexibility index (Phi) is 3.85. The molecule has 2 amide bonds. The van der Waals surface area contributed by atoms with E-state index >= 15 is 0 Å². The van der Waals surface area contributed by atoms with Gasteiger partial charge >= 0.3 is 6.03 Å². The first kappa shape index (κ1) is 13.8. The second kappa shape index (κ2) is 5.57. The van der Waals surface area contributed by atoms with Gasteiger partial charge in [-0.3, -0.25) is 15.4 Å². The summed E-state index contributed by atoms with van der Waals surface area (Å²) in [5.41, 5.74) is 0.0862. The molecule has 1 aromatic carbocycles. The van der Waals surface area contributed by atoms with Crippen molar-refractivity contribution in [1.82, 2.24) is 5.16 Å². The normalized spacial score (nSPS) is 10.1. The van der Waals surface area contributed by atoms with Crippen molar-refractivity contribution in [3.63, 3.8) is 0 Å². The number of carbonyl (C=O) groups excluding carboxylic acids is 1. The number of aryl methyl sites for hydroxylation is 1. The first-order valence-corrected chi connectivity index (χ1v) is 5.79. The number of nitrogens with one attached hydrogen (secondary N) is 2. The summed E-state index contributed by atoms with van der Waals surface area (Å²) in [5, 5.41) is 19.1. The summed E-state index contributed by atoms with van der Waals surface area (Å²) in [6.45, 7) is 1.68. The van der Waals surface area contributed by atoms with Gasteiger partial charge in [0, 0.05) is 18.2 Å². The lowest BCUT2D eigenvalue weighted by atomic mass is 10.3. The third kappa shape index (κ3) is 3.23. The Morgan fingerprint density at radius 3 is 2.70 bits per heavy atom. The van der Waals surface area contributed by atoms with Gasteiger partial charge in [0.05, 0.1) is 15.6 Å². The van der Waals surface area contributed by atoms with Crippen LogP contribution < -0.4 is 10.6 Å². The van der Waals surface area contributed by atoms with Gasteiger partial charge in [-0.2, -0.15) is 0 Å². The molecule has 0 radical (unpaired) electrons. The fraction of sp³-hybridized carbons (Fsp3) is 0.0909. The smallest absolute Gasteiger partial charge is 0.324 e. The number of nitro groups is 1. The van der Waals surface area contributed by atoms with E-state index in [1.54, 1.807) is 6.92 Å². The number of anilines is 2. The molecule has 0 bridgehead atoms. The Morgan fingerprint density at radius 2 is 2.15 bits per heavy atom. The lowest BCUT2D eigenvalue weighted by molar-refractivity contribution is -0.384. The molecular formula is C11H9ClN4O4. The quantitative estimate of drug-likeness (QED) is 0.667. The van der Waals surface area contributed by atoms with E-state index < -0.39 is 11.0 Å². The van der Waals surface area contributed by atoms with E-state index in [0.29, 0.717) is 5.76 Å². The molecule has 2 rings (SSSR count). The van der Waals surface area contributed by atoms with Crippen LogP contribution in [0.25, 0.3) is 0 Å². The van der Waals surface area contributed by atoms with Gasteiger partial charge in [0.15, 0.2) is 5.82 Å². The minimum atomic E-state index is -0.589. The fourth-order valence-corrected chi connectivity index (χ4v) is 1.64. The summed E-state index contributed by atoms with van der Waals surface area (Å²) < 4.78 is 4.79. The highest BCUT2D eigenvalue weighted by molar-refractivity contribution is 6.34. The molecule has 0 spiro atoms. The molecule has 0 fully saturated rings. The molecule has 8 nitrogen and oxygen atoms in total. The molecule has 2 aromatic rings. The maximum absolute atomic E-state index is 11.7. The van der Waals surface area contributed by atoms with Gasteiger partial charge in [0.1, 0.15) is 5.76 Å². The van der Waals surface area contributed by atoms with E-state index in [-0.39, 0.29) is 22.2 Å². The van der Waals surface area contributed by atoms with E-state index in [4.69, 9.17) is 16.1 Å². The van der Waals surface area contributed by atoms with Crippen molar-refractivity contribution in [2.75, 3.05) is 10.6 Å². The second-order valence-electron chi connectivity index (χ2n) is 3.82. The van der Waals surface area contributed by atoms with Crippen LogP contribution in [0.4, 0.5) is 22.0 Å². The fourth-order valence-electron chi connectivity index (χ4n) is 1.41. The van der Waals surface area contributed by atoms with Crippen molar-refractivity contribution >= 4 is 34.8 Å². The maximum atomic E-state index is 11.7. The predicted molar refractivity (Wildman–Crippen MR) is 72.0 cm³/mol. The summed E-state index contributed by atoms with van der Waals surface area (Å²) in [6.07, 6.45) is 0. The number of rotatable bonds is 3. The first-order valence-electron chi connectivity index (χ1n) is 5.41. The number of aromatic nitrogens is 1. The molecule has 20 heavy (non-hydrogen) atoms. The minimum absolute atomic E-state index is 0.0608. The van der Waals surface area contributed by atoms with Crippen LogP contribution in [0.1, 0.15) is 5.76 Å². The van der Waals surface area contributed by atoms with E-state index in [1.807, 2.05) is 0 Å². The number of hydrogen-bond acceptors (Lipinski definition) is 5. The van der Waals surface area contributed by atoms with Gasteiger partial charge in [-0.15, -0.1) is 0 Å². The molecule has 9 heteroatoms. The Morgan fingerprint density at radius 1 is 1.40 bits per heavy atom. The van der Waals surface area contributed by atoms with Crippen molar-refractivity contribution in [2.24, 2.45) is 0 Å². The van der Waals surface area contributed by atoms with Crippen molar-refractivity contribution in [1.29, 1.82) is 0 Å². The number of halogens is 1. The summed E-state index contributed by atoms with van der Waals surface area (Å²) in [6, 6.07) is 4.68. The van der Waals surface area contributed by atoms with E-state index in [0.717, 1.165) is 6.07 Å². The number of nitro benzene ring substituents is 1. The summed E-state index contributed by atoms with van der Waals surface area (Å²) in [7, 11) is 0. The third-order valence-corrected chi connectivity index (χ3v) is 2.59. The Balaban J connectivity index is 2.06. The number of hydrogen-bond donors (Lipinski definition) is 2. The number of benzene rings is 1. The maximum Gasteiger partial charge on any atom is 0.324 e. The highest BCUT2D eigenvalue weighted by Crippen LogP contribution is 2.26. The SMILES string of the molecule is Cc1cc(NC(=O)Nc2ccc([N+](=O)[O-])cc2Cl)no1. The summed E-state index contributed by atoms with van der Waals surface area (Å²) in [5.74, 6) is 0.798. The van der Waals surface area contributed by atoms with Gasteiger partial charge in [0.2, 0.25) is 0 Å². The third-order valence-electron chi connectivity index (χ3n) is 2.28. The molecule has 1 heterocycles. The van der Waals surface area contributed by atoms with Gasteiger partial charge in [-0.05, 0) is 13.0 Å². The average molecular weight is 297 g/mol. The summed E-state index contributed by atoms with van der Waals surface area (Å²) >= 11 is 5.84. The van der Waals surface area contributed by atoms with Crippen LogP contribution >= 0.6 is 11.6 Å². The van der Waals surface area contributed by atoms with Gasteiger partial charge in [0.25, 0.3) is 5.69 Å². The van der Waals surface area contributed by atoms with Crippen LogP contribution in [0, 0.1) is 17.0 Å². The number of amides is 2.